The molecule has 4 nitrogen and oxygen atoms in total. The van der Waals surface area contributed by atoms with Crippen molar-refractivity contribution in [2.45, 2.75) is 13.5 Å². The monoisotopic (exact) mass is 308 g/mol. The summed E-state index contributed by atoms with van der Waals surface area (Å²) in [4.78, 5) is 24.4. The lowest BCUT2D eigenvalue weighted by molar-refractivity contribution is -0.137. The Morgan fingerprint density at radius 1 is 1.22 bits per heavy atom. The molecule has 0 saturated heterocycles. The molecule has 0 N–H and O–H groups in total. The fraction of sp³-hybridized carbons (Fsp3) is 0.158. The first-order valence-electron chi connectivity index (χ1n) is 7.44. The molecule has 0 aliphatic carbocycles. The van der Waals surface area contributed by atoms with E-state index in [9.17, 15) is 9.59 Å². The minimum atomic E-state index is -0.438. The predicted octanol–water partition coefficient (Wildman–Crippen LogP) is 3.39. The normalized spacial score (nSPS) is 13.0. The number of benzene rings is 2. The molecule has 0 bridgehead atoms. The summed E-state index contributed by atoms with van der Waals surface area (Å²) in [6.45, 7) is 2.40. The molecule has 1 heterocycles. The van der Waals surface area contributed by atoms with Gasteiger partial charge in [0.15, 0.2) is 5.78 Å². The van der Waals surface area contributed by atoms with Crippen LogP contribution in [-0.4, -0.2) is 18.4 Å². The van der Waals surface area contributed by atoms with Crippen molar-refractivity contribution in [3.05, 3.63) is 70.8 Å². The first-order valence-corrected chi connectivity index (χ1v) is 7.44. The van der Waals surface area contributed by atoms with E-state index in [2.05, 4.69) is 0 Å². The van der Waals surface area contributed by atoms with E-state index in [-0.39, 0.29) is 5.78 Å². The second-order valence-electron chi connectivity index (χ2n) is 5.08. The molecule has 0 amide bonds. The lowest BCUT2D eigenvalue weighted by Gasteiger charge is -2.08. The van der Waals surface area contributed by atoms with E-state index >= 15 is 0 Å². The number of hydrogen-bond acceptors (Lipinski definition) is 4. The number of fused-ring (bicyclic) bond motifs is 2. The lowest BCUT2D eigenvalue weighted by atomic mass is 9.95. The van der Waals surface area contributed by atoms with Crippen molar-refractivity contribution in [1.82, 2.24) is 0 Å². The molecule has 0 atom stereocenters. The van der Waals surface area contributed by atoms with Crippen molar-refractivity contribution >= 4 is 17.8 Å². The maximum absolute atomic E-state index is 12.9. The minimum Gasteiger partial charge on any atom is -0.488 e. The minimum absolute atomic E-state index is 0.0998. The molecule has 1 aliphatic heterocycles. The molecule has 0 unspecified atom stereocenters. The third-order valence-corrected chi connectivity index (χ3v) is 3.62. The Bertz CT molecular complexity index is 790. The van der Waals surface area contributed by atoms with Crippen molar-refractivity contribution in [1.29, 1.82) is 0 Å². The highest BCUT2D eigenvalue weighted by molar-refractivity contribution is 6.14. The average Bonchev–Trinajstić information content (AvgIpc) is 2.71. The third kappa shape index (κ3) is 3.01. The topological polar surface area (TPSA) is 52.6 Å². The maximum atomic E-state index is 12.9. The second-order valence-corrected chi connectivity index (χ2v) is 5.08. The van der Waals surface area contributed by atoms with E-state index in [1.165, 1.54) is 6.08 Å². The zero-order chi connectivity index (χ0) is 16.2. The van der Waals surface area contributed by atoms with E-state index in [4.69, 9.17) is 9.47 Å². The summed E-state index contributed by atoms with van der Waals surface area (Å²) >= 11 is 0. The van der Waals surface area contributed by atoms with Crippen molar-refractivity contribution in [3.8, 4) is 5.75 Å². The summed E-state index contributed by atoms with van der Waals surface area (Å²) < 4.78 is 10.6. The smallest absolute Gasteiger partial charge is 0.330 e. The van der Waals surface area contributed by atoms with Crippen molar-refractivity contribution in [3.63, 3.8) is 0 Å². The highest BCUT2D eigenvalue weighted by Gasteiger charge is 2.23. The van der Waals surface area contributed by atoms with Gasteiger partial charge in [0.25, 0.3) is 0 Å². The molecule has 0 radical (unpaired) electrons. The largest absolute Gasteiger partial charge is 0.488 e. The van der Waals surface area contributed by atoms with Crippen LogP contribution in [0.25, 0.3) is 6.08 Å². The predicted molar refractivity (Wildman–Crippen MR) is 86.3 cm³/mol. The van der Waals surface area contributed by atoms with Crippen LogP contribution in [0.3, 0.4) is 0 Å². The molecule has 0 saturated carbocycles. The Morgan fingerprint density at radius 2 is 2.04 bits per heavy atom. The highest BCUT2D eigenvalue weighted by Crippen LogP contribution is 2.31. The average molecular weight is 308 g/mol. The number of ether oxygens (including phenoxy) is 2. The molecular weight excluding hydrogens is 292 g/mol. The number of carbonyl (C=O) groups excluding carboxylic acids is 2. The number of hydrogen-bond donors (Lipinski definition) is 0. The SMILES string of the molecule is CCOC(=O)/C=C/c1cccc2c1C(=O)c1ccccc1CO2. The van der Waals surface area contributed by atoms with Gasteiger partial charge in [0.2, 0.25) is 0 Å². The first-order chi connectivity index (χ1) is 11.2. The standard InChI is InChI=1S/C19H16O4/c1-2-22-17(20)11-10-13-7-5-9-16-18(13)19(21)15-8-4-3-6-14(15)12-23-16/h3-11H,2,12H2,1H3/b11-10+. The summed E-state index contributed by atoms with van der Waals surface area (Å²) in [5, 5.41) is 0. The van der Waals surface area contributed by atoms with Gasteiger partial charge >= 0.3 is 5.97 Å². The van der Waals surface area contributed by atoms with Gasteiger partial charge in [0.05, 0.1) is 12.2 Å². The lowest BCUT2D eigenvalue weighted by Crippen LogP contribution is -2.05. The van der Waals surface area contributed by atoms with Crippen LogP contribution in [0.1, 0.15) is 34.0 Å². The summed E-state index contributed by atoms with van der Waals surface area (Å²) in [5.41, 5.74) is 2.59. The Hall–Kier alpha value is -2.88. The molecule has 116 valence electrons. The Kier molecular flexibility index (Phi) is 4.24. The van der Waals surface area contributed by atoms with Crippen molar-refractivity contribution in [2.24, 2.45) is 0 Å². The second kappa shape index (κ2) is 6.48. The quantitative estimate of drug-likeness (QED) is 0.644. The Morgan fingerprint density at radius 3 is 2.87 bits per heavy atom. The molecule has 0 spiro atoms. The maximum Gasteiger partial charge on any atom is 0.330 e. The number of esters is 1. The molecule has 0 aromatic heterocycles. The van der Waals surface area contributed by atoms with Gasteiger partial charge in [-0.1, -0.05) is 36.4 Å². The van der Waals surface area contributed by atoms with E-state index in [0.29, 0.717) is 35.7 Å². The number of carbonyl (C=O) groups is 2. The third-order valence-electron chi connectivity index (χ3n) is 3.62. The Balaban J connectivity index is 2.04. The number of rotatable bonds is 3. The molecular formula is C19H16O4. The van der Waals surface area contributed by atoms with Crippen molar-refractivity contribution in [2.75, 3.05) is 6.61 Å². The first kappa shape index (κ1) is 15.0. The van der Waals surface area contributed by atoms with Crippen LogP contribution in [0, 0.1) is 0 Å². The summed E-state index contributed by atoms with van der Waals surface area (Å²) in [6.07, 6.45) is 2.91. The Labute approximate surface area is 134 Å². The van der Waals surface area contributed by atoms with Crippen LogP contribution in [0.5, 0.6) is 5.75 Å². The summed E-state index contributed by atoms with van der Waals surface area (Å²) in [6, 6.07) is 12.7. The van der Waals surface area contributed by atoms with Crippen LogP contribution >= 0.6 is 0 Å². The molecule has 2 aromatic rings. The molecule has 23 heavy (non-hydrogen) atoms. The van der Waals surface area contributed by atoms with E-state index < -0.39 is 5.97 Å². The molecule has 3 rings (SSSR count). The highest BCUT2D eigenvalue weighted by atomic mass is 16.5. The zero-order valence-electron chi connectivity index (χ0n) is 12.7. The van der Waals surface area contributed by atoms with Crippen LogP contribution in [-0.2, 0) is 16.1 Å². The van der Waals surface area contributed by atoms with Gasteiger partial charge in [-0.2, -0.15) is 0 Å². The molecule has 0 fully saturated rings. The van der Waals surface area contributed by atoms with E-state index in [1.807, 2.05) is 18.2 Å². The zero-order valence-corrected chi connectivity index (χ0v) is 12.7. The van der Waals surface area contributed by atoms with Gasteiger partial charge in [-0.15, -0.1) is 0 Å². The van der Waals surface area contributed by atoms with Crippen LogP contribution in [0.4, 0.5) is 0 Å². The fourth-order valence-corrected chi connectivity index (χ4v) is 2.56. The fourth-order valence-electron chi connectivity index (χ4n) is 2.56. The van der Waals surface area contributed by atoms with Crippen LogP contribution in [0.15, 0.2) is 48.5 Å². The molecule has 4 heteroatoms. The van der Waals surface area contributed by atoms with Gasteiger partial charge < -0.3 is 9.47 Å². The van der Waals surface area contributed by atoms with Gasteiger partial charge in [-0.25, -0.2) is 4.79 Å². The molecule has 2 aromatic carbocycles. The number of ketones is 1. The van der Waals surface area contributed by atoms with Crippen LogP contribution in [0.2, 0.25) is 0 Å². The van der Waals surface area contributed by atoms with Gasteiger partial charge in [0.1, 0.15) is 12.4 Å². The van der Waals surface area contributed by atoms with E-state index in [1.54, 1.807) is 37.3 Å². The van der Waals surface area contributed by atoms with Gasteiger partial charge in [-0.3, -0.25) is 4.79 Å². The summed E-state index contributed by atoms with van der Waals surface area (Å²) in [7, 11) is 0. The van der Waals surface area contributed by atoms with E-state index in [0.717, 1.165) is 5.56 Å². The van der Waals surface area contributed by atoms with Crippen molar-refractivity contribution < 1.29 is 19.1 Å². The van der Waals surface area contributed by atoms with Crippen LogP contribution < -0.4 is 4.74 Å². The van der Waals surface area contributed by atoms with Gasteiger partial charge in [-0.05, 0) is 24.6 Å². The van der Waals surface area contributed by atoms with Gasteiger partial charge in [0, 0.05) is 17.2 Å². The summed E-state index contributed by atoms with van der Waals surface area (Å²) in [5.74, 6) is -0.0121. The molecule has 1 aliphatic rings.